The lowest BCUT2D eigenvalue weighted by Gasteiger charge is -2.39. The normalized spacial score (nSPS) is 17.7. The van der Waals surface area contributed by atoms with Crippen LogP contribution in [0.25, 0.3) is 5.57 Å². The molecule has 180 valence electrons. The highest BCUT2D eigenvalue weighted by Gasteiger charge is 2.40. The highest BCUT2D eigenvalue weighted by molar-refractivity contribution is 6.98. The van der Waals surface area contributed by atoms with Gasteiger partial charge in [0.1, 0.15) is 8.07 Å². The Morgan fingerprint density at radius 2 is 1.94 bits per heavy atom. The Balaban J connectivity index is 1.77. The van der Waals surface area contributed by atoms with Crippen molar-refractivity contribution < 1.29 is 4.79 Å². The summed E-state index contributed by atoms with van der Waals surface area (Å²) in [5.41, 5.74) is 8.51. The van der Waals surface area contributed by atoms with Crippen LogP contribution in [0.3, 0.4) is 0 Å². The van der Waals surface area contributed by atoms with E-state index in [1.54, 1.807) is 0 Å². The Morgan fingerprint density at radius 3 is 2.74 bits per heavy atom. The first kappa shape index (κ1) is 23.6. The number of hydrogen-bond donors (Lipinski definition) is 2. The molecule has 0 fully saturated rings. The molecule has 5 rings (SSSR count). The molecule has 0 radical (unpaired) electrons. The molecule has 0 saturated heterocycles. The average molecular weight is 482 g/mol. The molecular formula is C30H35N3OSi. The first-order chi connectivity index (χ1) is 16.8. The molecular weight excluding hydrogens is 446 g/mol. The van der Waals surface area contributed by atoms with Gasteiger partial charge in [0, 0.05) is 31.4 Å². The number of hydrogen-bond acceptors (Lipinski definition) is 3. The van der Waals surface area contributed by atoms with Gasteiger partial charge in [0.2, 0.25) is 0 Å². The van der Waals surface area contributed by atoms with Crippen LogP contribution in [0.2, 0.25) is 13.1 Å². The van der Waals surface area contributed by atoms with E-state index in [4.69, 9.17) is 5.41 Å². The molecule has 2 aliphatic heterocycles. The number of unbranched alkanes of at least 4 members (excludes halogenated alkanes) is 1. The number of aryl methyl sites for hydroxylation is 1. The van der Waals surface area contributed by atoms with E-state index in [0.717, 1.165) is 55.5 Å². The Bertz CT molecular complexity index is 1310. The molecule has 2 aromatic carbocycles. The smallest absolute Gasteiger partial charge is 0.254 e. The Kier molecular flexibility index (Phi) is 6.14. The van der Waals surface area contributed by atoms with Crippen molar-refractivity contribution in [2.75, 3.05) is 25.5 Å². The Morgan fingerprint density at radius 1 is 1.14 bits per heavy atom. The third-order valence-corrected chi connectivity index (χ3v) is 11.2. The van der Waals surface area contributed by atoms with Gasteiger partial charge in [-0.3, -0.25) is 4.79 Å². The van der Waals surface area contributed by atoms with Gasteiger partial charge < -0.3 is 15.6 Å². The van der Waals surface area contributed by atoms with Crippen LogP contribution in [0.4, 0.5) is 5.69 Å². The molecule has 3 aliphatic rings. The second kappa shape index (κ2) is 9.12. The molecule has 0 aromatic heterocycles. The molecule has 2 heterocycles. The van der Waals surface area contributed by atoms with Crippen LogP contribution in [-0.2, 0) is 6.42 Å². The number of allylic oxidation sites excluding steroid dienone is 5. The fourth-order valence-corrected chi connectivity index (χ4v) is 8.76. The summed E-state index contributed by atoms with van der Waals surface area (Å²) >= 11 is 0. The molecule has 1 amide bonds. The van der Waals surface area contributed by atoms with Crippen molar-refractivity contribution in [1.29, 1.82) is 5.41 Å². The fraction of sp³-hybridized carbons (Fsp3) is 0.333. The van der Waals surface area contributed by atoms with Crippen molar-refractivity contribution in [1.82, 2.24) is 4.90 Å². The Hall–Kier alpha value is -3.18. The first-order valence-electron chi connectivity index (χ1n) is 12.8. The van der Waals surface area contributed by atoms with Gasteiger partial charge in [-0.2, -0.15) is 0 Å². The van der Waals surface area contributed by atoms with E-state index >= 15 is 0 Å². The summed E-state index contributed by atoms with van der Waals surface area (Å²) in [5, 5.41) is 14.7. The molecule has 4 nitrogen and oxygen atoms in total. The molecule has 2 aromatic rings. The molecule has 0 saturated carbocycles. The van der Waals surface area contributed by atoms with E-state index in [0.29, 0.717) is 5.71 Å². The zero-order chi connectivity index (χ0) is 24.7. The van der Waals surface area contributed by atoms with Crippen LogP contribution in [0, 0.1) is 5.41 Å². The zero-order valence-electron chi connectivity index (χ0n) is 21.3. The van der Waals surface area contributed by atoms with Gasteiger partial charge in [-0.1, -0.05) is 50.7 Å². The predicted octanol–water partition coefficient (Wildman–Crippen LogP) is 5.70. The molecule has 0 bridgehead atoms. The maximum atomic E-state index is 13.6. The molecule has 0 atom stereocenters. The molecule has 5 heteroatoms. The van der Waals surface area contributed by atoms with E-state index in [2.05, 4.69) is 55.7 Å². The predicted molar refractivity (Wildman–Crippen MR) is 150 cm³/mol. The molecule has 2 N–H and O–H groups in total. The third kappa shape index (κ3) is 4.02. The van der Waals surface area contributed by atoms with E-state index in [-0.39, 0.29) is 5.91 Å². The third-order valence-electron chi connectivity index (χ3n) is 7.71. The fourth-order valence-electron chi connectivity index (χ4n) is 5.69. The minimum absolute atomic E-state index is 0.0727. The number of nitrogens with zero attached hydrogens (tertiary/aromatic N) is 1. The average Bonchev–Trinajstić information content (AvgIpc) is 2.87. The van der Waals surface area contributed by atoms with Crippen molar-refractivity contribution in [3.8, 4) is 0 Å². The van der Waals surface area contributed by atoms with Crippen LogP contribution in [-0.4, -0.2) is 44.7 Å². The van der Waals surface area contributed by atoms with Crippen molar-refractivity contribution in [3.05, 3.63) is 87.6 Å². The monoisotopic (exact) mass is 481 g/mol. The number of amides is 1. The number of fused-ring (bicyclic) bond motifs is 3. The number of anilines is 1. The maximum Gasteiger partial charge on any atom is 0.254 e. The number of carbonyl (C=O) groups excluding carboxylic acids is 1. The van der Waals surface area contributed by atoms with Crippen molar-refractivity contribution in [2.45, 2.75) is 45.7 Å². The zero-order valence-corrected chi connectivity index (χ0v) is 22.3. The van der Waals surface area contributed by atoms with Gasteiger partial charge in [0.25, 0.3) is 5.91 Å². The summed E-state index contributed by atoms with van der Waals surface area (Å²) in [6.45, 7) is 8.71. The lowest BCUT2D eigenvalue weighted by molar-refractivity contribution is 0.0793. The van der Waals surface area contributed by atoms with Crippen LogP contribution in [0.5, 0.6) is 0 Å². The van der Waals surface area contributed by atoms with E-state index in [1.807, 2.05) is 36.2 Å². The minimum Gasteiger partial charge on any atom is -0.385 e. The molecule has 0 unspecified atom stereocenters. The van der Waals surface area contributed by atoms with Gasteiger partial charge in [-0.15, -0.1) is 0 Å². The van der Waals surface area contributed by atoms with Crippen molar-refractivity contribution >= 4 is 36.1 Å². The van der Waals surface area contributed by atoms with Crippen molar-refractivity contribution in [3.63, 3.8) is 0 Å². The summed E-state index contributed by atoms with van der Waals surface area (Å²) in [7, 11) is -0.148. The molecule has 35 heavy (non-hydrogen) atoms. The van der Waals surface area contributed by atoms with Gasteiger partial charge in [-0.05, 0) is 87.8 Å². The summed E-state index contributed by atoms with van der Waals surface area (Å²) in [6, 6.07) is 12.9. The molecule has 1 aliphatic carbocycles. The molecule has 0 spiro atoms. The summed E-state index contributed by atoms with van der Waals surface area (Å²) in [6.07, 6.45) is 10.3. The van der Waals surface area contributed by atoms with E-state index < -0.39 is 8.07 Å². The summed E-state index contributed by atoms with van der Waals surface area (Å²) in [4.78, 5) is 15.5. The largest absolute Gasteiger partial charge is 0.385 e. The second-order valence-corrected chi connectivity index (χ2v) is 14.8. The number of carbonyl (C=O) groups is 1. The maximum absolute atomic E-state index is 13.6. The first-order valence-corrected chi connectivity index (χ1v) is 15.8. The van der Waals surface area contributed by atoms with Crippen LogP contribution >= 0.6 is 0 Å². The van der Waals surface area contributed by atoms with E-state index in [9.17, 15) is 4.79 Å². The van der Waals surface area contributed by atoms with Gasteiger partial charge in [0.15, 0.2) is 0 Å². The topological polar surface area (TPSA) is 56.2 Å². The summed E-state index contributed by atoms with van der Waals surface area (Å²) in [5.74, 6) is 0.0727. The highest BCUT2D eigenvalue weighted by atomic mass is 28.3. The SMILES string of the molecule is CCCCN(C)C(=O)c1ccccc1C1=C2C=CC(=N)C=C2[Si](C)(C)c2cc3c(cc21)CCCN3. The van der Waals surface area contributed by atoms with Gasteiger partial charge in [0.05, 0.1) is 5.71 Å². The highest BCUT2D eigenvalue weighted by Crippen LogP contribution is 2.43. The standard InChI is InChI=1S/C30H35N3OSi/c1-5-6-16-33(2)30(34)23-12-8-7-11-22(23)29-24-14-13-21(31)18-27(24)35(3,4)28-19-26-20(17-25(28)29)10-9-15-32-26/h7-8,11-14,17-19,31-32H,5-6,9-10,15-16H2,1-4H3. The number of nitrogens with one attached hydrogen (secondary N) is 2. The number of benzene rings is 2. The van der Waals surface area contributed by atoms with Crippen molar-refractivity contribution in [2.24, 2.45) is 0 Å². The lowest BCUT2D eigenvalue weighted by Crippen LogP contribution is -2.49. The quantitative estimate of drug-likeness (QED) is 0.538. The number of rotatable bonds is 5. The van der Waals surface area contributed by atoms with Crippen LogP contribution in [0.15, 0.2) is 65.4 Å². The van der Waals surface area contributed by atoms with Gasteiger partial charge >= 0.3 is 0 Å². The minimum atomic E-state index is -2.06. The van der Waals surface area contributed by atoms with Gasteiger partial charge in [-0.25, -0.2) is 0 Å². The lowest BCUT2D eigenvalue weighted by atomic mass is 9.85. The Labute approximate surface area is 210 Å². The van der Waals surface area contributed by atoms with E-state index in [1.165, 1.54) is 32.8 Å². The second-order valence-electron chi connectivity index (χ2n) is 10.5. The summed E-state index contributed by atoms with van der Waals surface area (Å²) < 4.78 is 0. The van der Waals surface area contributed by atoms with Crippen LogP contribution < -0.4 is 10.5 Å². The van der Waals surface area contributed by atoms with Crippen LogP contribution in [0.1, 0.15) is 53.2 Å².